The number of fused-ring (bicyclic) bond motifs is 3. The number of thiophene rings is 1. The Morgan fingerprint density at radius 3 is 2.67 bits per heavy atom. The van der Waals surface area contributed by atoms with Gasteiger partial charge in [0.2, 0.25) is 0 Å². The minimum Gasteiger partial charge on any atom is -0.363 e. The zero-order chi connectivity index (χ0) is 17.0. The van der Waals surface area contributed by atoms with Crippen LogP contribution < -0.4 is 10.2 Å². The molecule has 0 saturated carbocycles. The summed E-state index contributed by atoms with van der Waals surface area (Å²) in [5.74, 6) is -0.399. The van der Waals surface area contributed by atoms with Crippen molar-refractivity contribution in [2.24, 2.45) is 0 Å². The highest BCUT2D eigenvalue weighted by Crippen LogP contribution is 2.41. The van der Waals surface area contributed by atoms with Crippen molar-refractivity contribution in [2.45, 2.75) is 26.9 Å². The minimum absolute atomic E-state index is 0.0806. The van der Waals surface area contributed by atoms with Crippen LogP contribution in [0.1, 0.15) is 27.9 Å². The first kappa shape index (κ1) is 15.1. The number of anilines is 2. The van der Waals surface area contributed by atoms with Gasteiger partial charge in [-0.05, 0) is 56.7 Å². The molecule has 0 spiro atoms. The molecule has 1 N–H and O–H groups in total. The Morgan fingerprint density at radius 1 is 1.25 bits per heavy atom. The average Bonchev–Trinajstić information content (AvgIpc) is 2.88. The van der Waals surface area contributed by atoms with Gasteiger partial charge in [-0.25, -0.2) is 9.37 Å². The summed E-state index contributed by atoms with van der Waals surface area (Å²) in [7, 11) is 0. The molecule has 3 heterocycles. The molecule has 1 aliphatic heterocycles. The first-order chi connectivity index (χ1) is 11.5. The molecule has 0 radical (unpaired) electrons. The summed E-state index contributed by atoms with van der Waals surface area (Å²) in [4.78, 5) is 20.8. The van der Waals surface area contributed by atoms with Gasteiger partial charge in [0, 0.05) is 16.8 Å². The maximum absolute atomic E-state index is 13.2. The topological polar surface area (TPSA) is 45.2 Å². The normalized spacial score (nSPS) is 17.1. The molecule has 1 aromatic carbocycles. The van der Waals surface area contributed by atoms with E-state index in [9.17, 15) is 9.18 Å². The molecule has 24 heavy (non-hydrogen) atoms. The molecular weight excluding hydrogens is 325 g/mol. The Balaban J connectivity index is 1.87. The van der Waals surface area contributed by atoms with E-state index < -0.39 is 0 Å². The molecule has 6 heteroatoms. The summed E-state index contributed by atoms with van der Waals surface area (Å²) in [5.41, 5.74) is 3.58. The van der Waals surface area contributed by atoms with E-state index in [4.69, 9.17) is 0 Å². The Bertz CT molecular complexity index is 965. The van der Waals surface area contributed by atoms with Crippen LogP contribution in [0.2, 0.25) is 0 Å². The van der Waals surface area contributed by atoms with Crippen LogP contribution in [0.25, 0.3) is 10.2 Å². The number of benzene rings is 1. The number of aromatic nitrogens is 1. The van der Waals surface area contributed by atoms with Crippen molar-refractivity contribution >= 4 is 38.8 Å². The van der Waals surface area contributed by atoms with E-state index in [-0.39, 0.29) is 17.9 Å². The van der Waals surface area contributed by atoms with Crippen LogP contribution in [0.5, 0.6) is 0 Å². The van der Waals surface area contributed by atoms with Crippen LogP contribution in [-0.4, -0.2) is 17.1 Å². The Hall–Kier alpha value is -2.47. The molecule has 0 aliphatic carbocycles. The van der Waals surface area contributed by atoms with Gasteiger partial charge < -0.3 is 5.32 Å². The van der Waals surface area contributed by atoms with Crippen LogP contribution in [-0.2, 0) is 0 Å². The number of hydrogen-bond donors (Lipinski definition) is 1. The maximum atomic E-state index is 13.2. The summed E-state index contributed by atoms with van der Waals surface area (Å²) in [5, 5.41) is 4.43. The molecule has 4 rings (SSSR count). The number of pyridine rings is 1. The second kappa shape index (κ2) is 5.27. The quantitative estimate of drug-likeness (QED) is 0.710. The monoisotopic (exact) mass is 341 g/mol. The lowest BCUT2D eigenvalue weighted by atomic mass is 10.1. The molecule has 3 aromatic rings. The van der Waals surface area contributed by atoms with Gasteiger partial charge in [-0.3, -0.25) is 9.69 Å². The zero-order valence-electron chi connectivity index (χ0n) is 13.6. The van der Waals surface area contributed by atoms with Crippen molar-refractivity contribution in [3.8, 4) is 0 Å². The molecule has 4 nitrogen and oxygen atoms in total. The largest absolute Gasteiger partial charge is 0.363 e. The van der Waals surface area contributed by atoms with E-state index in [0.717, 1.165) is 27.2 Å². The van der Waals surface area contributed by atoms with Crippen molar-refractivity contribution in [1.29, 1.82) is 0 Å². The molecule has 1 atom stereocenters. The SMILES string of the molecule is Cc1cc(C)c2c3c(sc2n1)C(=O)N(c1ccc(F)cc1)[C@H](C)N3. The number of nitrogens with one attached hydrogen (secondary N) is 1. The first-order valence-corrected chi connectivity index (χ1v) is 8.54. The van der Waals surface area contributed by atoms with E-state index in [2.05, 4.69) is 10.3 Å². The van der Waals surface area contributed by atoms with Crippen molar-refractivity contribution in [3.05, 3.63) is 52.3 Å². The van der Waals surface area contributed by atoms with E-state index >= 15 is 0 Å². The Labute approximate surface area is 142 Å². The van der Waals surface area contributed by atoms with Gasteiger partial charge >= 0.3 is 0 Å². The van der Waals surface area contributed by atoms with Crippen molar-refractivity contribution in [3.63, 3.8) is 0 Å². The number of nitrogens with zero attached hydrogens (tertiary/aromatic N) is 2. The lowest BCUT2D eigenvalue weighted by Gasteiger charge is -2.34. The average molecular weight is 341 g/mol. The van der Waals surface area contributed by atoms with Gasteiger partial charge in [-0.2, -0.15) is 0 Å². The number of carbonyl (C=O) groups is 1. The standard InChI is InChI=1S/C18H16FN3OS/c1-9-8-10(2)20-17-14(9)15-16(24-17)18(23)22(11(3)21-15)13-6-4-12(19)5-7-13/h4-8,11,21H,1-3H3/t11-/m1/s1. The number of halogens is 1. The van der Waals surface area contributed by atoms with Crippen LogP contribution in [0.3, 0.4) is 0 Å². The highest BCUT2D eigenvalue weighted by atomic mass is 32.1. The molecule has 0 saturated heterocycles. The predicted molar refractivity (Wildman–Crippen MR) is 95.4 cm³/mol. The second-order valence-electron chi connectivity index (χ2n) is 6.04. The molecule has 0 fully saturated rings. The number of amides is 1. The van der Waals surface area contributed by atoms with Gasteiger partial charge in [0.1, 0.15) is 21.7 Å². The van der Waals surface area contributed by atoms with Gasteiger partial charge in [0.05, 0.1) is 5.69 Å². The van der Waals surface area contributed by atoms with Gasteiger partial charge in [0.25, 0.3) is 5.91 Å². The van der Waals surface area contributed by atoms with E-state index in [0.29, 0.717) is 10.6 Å². The smallest absolute Gasteiger partial charge is 0.272 e. The molecule has 2 aromatic heterocycles. The second-order valence-corrected chi connectivity index (χ2v) is 7.04. The van der Waals surface area contributed by atoms with E-state index in [1.54, 1.807) is 17.0 Å². The molecule has 122 valence electrons. The van der Waals surface area contributed by atoms with Crippen molar-refractivity contribution in [2.75, 3.05) is 10.2 Å². The van der Waals surface area contributed by atoms with Gasteiger partial charge in [0.15, 0.2) is 0 Å². The first-order valence-electron chi connectivity index (χ1n) is 7.72. The number of aryl methyl sites for hydroxylation is 2. The lowest BCUT2D eigenvalue weighted by molar-refractivity contribution is 0.0981. The zero-order valence-corrected chi connectivity index (χ0v) is 14.4. The van der Waals surface area contributed by atoms with Crippen LogP contribution >= 0.6 is 11.3 Å². The molecular formula is C18H16FN3OS. The molecule has 0 unspecified atom stereocenters. The van der Waals surface area contributed by atoms with Crippen molar-refractivity contribution in [1.82, 2.24) is 4.98 Å². The third-order valence-corrected chi connectivity index (χ3v) is 5.32. The van der Waals surface area contributed by atoms with Gasteiger partial charge in [-0.1, -0.05) is 0 Å². The summed E-state index contributed by atoms with van der Waals surface area (Å²) < 4.78 is 13.2. The molecule has 0 bridgehead atoms. The van der Waals surface area contributed by atoms with Crippen LogP contribution in [0.4, 0.5) is 15.8 Å². The summed E-state index contributed by atoms with van der Waals surface area (Å²) in [6.45, 7) is 5.91. The lowest BCUT2D eigenvalue weighted by Crippen LogP contribution is -2.46. The van der Waals surface area contributed by atoms with Crippen LogP contribution in [0.15, 0.2) is 30.3 Å². The Kier molecular flexibility index (Phi) is 3.31. The predicted octanol–water partition coefficient (Wildman–Crippen LogP) is 4.47. The molecule has 1 aliphatic rings. The maximum Gasteiger partial charge on any atom is 0.272 e. The third-order valence-electron chi connectivity index (χ3n) is 4.25. The van der Waals surface area contributed by atoms with E-state index in [1.165, 1.54) is 23.5 Å². The number of carbonyl (C=O) groups excluding carboxylic acids is 1. The fourth-order valence-electron chi connectivity index (χ4n) is 3.23. The van der Waals surface area contributed by atoms with Gasteiger partial charge in [-0.15, -0.1) is 11.3 Å². The number of hydrogen-bond acceptors (Lipinski definition) is 4. The van der Waals surface area contributed by atoms with E-state index in [1.807, 2.05) is 26.8 Å². The molecule has 1 amide bonds. The summed E-state index contributed by atoms with van der Waals surface area (Å²) >= 11 is 1.40. The minimum atomic E-state index is -0.318. The highest BCUT2D eigenvalue weighted by molar-refractivity contribution is 7.21. The third kappa shape index (κ3) is 2.17. The summed E-state index contributed by atoms with van der Waals surface area (Å²) in [6.07, 6.45) is -0.228. The fourth-order valence-corrected chi connectivity index (χ4v) is 4.43. The van der Waals surface area contributed by atoms with Crippen molar-refractivity contribution < 1.29 is 9.18 Å². The number of rotatable bonds is 1. The van der Waals surface area contributed by atoms with Crippen LogP contribution in [0, 0.1) is 19.7 Å². The highest BCUT2D eigenvalue weighted by Gasteiger charge is 2.34. The fraction of sp³-hybridized carbons (Fsp3) is 0.222. The Morgan fingerprint density at radius 2 is 1.96 bits per heavy atom. The summed E-state index contributed by atoms with van der Waals surface area (Å²) in [6, 6.07) is 8.00.